The van der Waals surface area contributed by atoms with Crippen LogP contribution in [-0.2, 0) is 13.0 Å². The number of nitrogens with zero attached hydrogens (tertiary/aromatic N) is 1. The molecule has 1 aliphatic heterocycles. The van der Waals surface area contributed by atoms with Crippen LogP contribution in [0.3, 0.4) is 0 Å². The second-order valence-corrected chi connectivity index (χ2v) is 6.43. The summed E-state index contributed by atoms with van der Waals surface area (Å²) in [4.78, 5) is 13.2. The quantitative estimate of drug-likeness (QED) is 0.782. The SMILES string of the molecule is N#Cc1c(NC(=O)NC2CCCC2)sc2c1CCNC2. The molecule has 3 N–H and O–H groups in total. The highest BCUT2D eigenvalue weighted by Crippen LogP contribution is 2.34. The minimum Gasteiger partial charge on any atom is -0.335 e. The van der Waals surface area contributed by atoms with Gasteiger partial charge in [-0.25, -0.2) is 4.79 Å². The molecule has 20 heavy (non-hydrogen) atoms. The molecule has 1 aliphatic carbocycles. The minimum absolute atomic E-state index is 0.181. The Labute approximate surface area is 122 Å². The number of anilines is 1. The lowest BCUT2D eigenvalue weighted by atomic mass is 10.1. The predicted molar refractivity (Wildman–Crippen MR) is 78.9 cm³/mol. The lowest BCUT2D eigenvalue weighted by molar-refractivity contribution is 0.248. The average molecular weight is 290 g/mol. The topological polar surface area (TPSA) is 77.0 Å². The zero-order chi connectivity index (χ0) is 13.9. The van der Waals surface area contributed by atoms with E-state index in [1.54, 1.807) is 0 Å². The second kappa shape index (κ2) is 5.81. The number of carbonyl (C=O) groups excluding carboxylic acids is 1. The van der Waals surface area contributed by atoms with Crippen molar-refractivity contribution in [2.24, 2.45) is 0 Å². The molecule has 0 bridgehead atoms. The monoisotopic (exact) mass is 290 g/mol. The summed E-state index contributed by atoms with van der Waals surface area (Å²) in [6, 6.07) is 2.35. The lowest BCUT2D eigenvalue weighted by Crippen LogP contribution is -2.36. The summed E-state index contributed by atoms with van der Waals surface area (Å²) < 4.78 is 0. The molecule has 0 unspecified atom stereocenters. The highest BCUT2D eigenvalue weighted by atomic mass is 32.1. The third kappa shape index (κ3) is 2.65. The summed E-state index contributed by atoms with van der Waals surface area (Å²) >= 11 is 1.52. The lowest BCUT2D eigenvalue weighted by Gasteiger charge is -2.12. The van der Waals surface area contributed by atoms with Gasteiger partial charge in [-0.3, -0.25) is 5.32 Å². The van der Waals surface area contributed by atoms with Crippen LogP contribution in [0, 0.1) is 11.3 Å². The van der Waals surface area contributed by atoms with Crippen molar-refractivity contribution in [1.29, 1.82) is 5.26 Å². The molecule has 2 amide bonds. The number of amides is 2. The van der Waals surface area contributed by atoms with Crippen LogP contribution in [-0.4, -0.2) is 18.6 Å². The van der Waals surface area contributed by atoms with E-state index in [9.17, 15) is 10.1 Å². The smallest absolute Gasteiger partial charge is 0.320 e. The maximum absolute atomic E-state index is 12.0. The van der Waals surface area contributed by atoms with Crippen molar-refractivity contribution in [3.8, 4) is 6.07 Å². The zero-order valence-electron chi connectivity index (χ0n) is 11.3. The largest absolute Gasteiger partial charge is 0.335 e. The summed E-state index contributed by atoms with van der Waals surface area (Å²) in [6.45, 7) is 1.69. The molecular formula is C14H18N4OS. The minimum atomic E-state index is -0.181. The first-order chi connectivity index (χ1) is 9.78. The van der Waals surface area contributed by atoms with Crippen LogP contribution in [0.25, 0.3) is 0 Å². The first kappa shape index (κ1) is 13.4. The zero-order valence-corrected chi connectivity index (χ0v) is 12.1. The van der Waals surface area contributed by atoms with Crippen molar-refractivity contribution in [1.82, 2.24) is 10.6 Å². The Morgan fingerprint density at radius 1 is 1.40 bits per heavy atom. The number of carbonyl (C=O) groups is 1. The maximum atomic E-state index is 12.0. The fourth-order valence-electron chi connectivity index (χ4n) is 2.94. The highest BCUT2D eigenvalue weighted by molar-refractivity contribution is 7.16. The Balaban J connectivity index is 1.72. The fraction of sp³-hybridized carbons (Fsp3) is 0.571. The number of nitriles is 1. The summed E-state index contributed by atoms with van der Waals surface area (Å²) in [5.41, 5.74) is 1.75. The predicted octanol–water partition coefficient (Wildman–Crippen LogP) is 2.33. The number of nitrogens with one attached hydrogen (secondary N) is 3. The van der Waals surface area contributed by atoms with Crippen molar-refractivity contribution in [2.75, 3.05) is 11.9 Å². The van der Waals surface area contributed by atoms with Crippen molar-refractivity contribution >= 4 is 22.4 Å². The molecule has 1 aromatic heterocycles. The summed E-state index contributed by atoms with van der Waals surface area (Å²) in [7, 11) is 0. The maximum Gasteiger partial charge on any atom is 0.320 e. The second-order valence-electron chi connectivity index (χ2n) is 5.33. The fourth-order valence-corrected chi connectivity index (χ4v) is 4.10. The van der Waals surface area contributed by atoms with Crippen molar-refractivity contribution < 1.29 is 4.79 Å². The number of urea groups is 1. The Hall–Kier alpha value is -1.58. The standard InChI is InChI=1S/C14H18N4OS/c15-7-11-10-5-6-16-8-12(10)20-13(11)18-14(19)17-9-3-1-2-4-9/h9,16H,1-6,8H2,(H2,17,18,19). The van der Waals surface area contributed by atoms with Crippen LogP contribution in [0.1, 0.15) is 41.7 Å². The van der Waals surface area contributed by atoms with E-state index in [0.29, 0.717) is 10.6 Å². The molecule has 0 spiro atoms. The van der Waals surface area contributed by atoms with Crippen molar-refractivity contribution in [3.63, 3.8) is 0 Å². The van der Waals surface area contributed by atoms with Crippen molar-refractivity contribution in [3.05, 3.63) is 16.0 Å². The Morgan fingerprint density at radius 2 is 2.20 bits per heavy atom. The van der Waals surface area contributed by atoms with Crippen LogP contribution in [0.4, 0.5) is 9.80 Å². The van der Waals surface area contributed by atoms with Crippen LogP contribution >= 0.6 is 11.3 Å². The molecule has 0 radical (unpaired) electrons. The van der Waals surface area contributed by atoms with Gasteiger partial charge in [0.25, 0.3) is 0 Å². The van der Waals surface area contributed by atoms with Gasteiger partial charge < -0.3 is 10.6 Å². The van der Waals surface area contributed by atoms with E-state index in [0.717, 1.165) is 37.9 Å². The number of hydrogen-bond acceptors (Lipinski definition) is 4. The van der Waals surface area contributed by atoms with E-state index in [1.807, 2.05) is 0 Å². The molecule has 0 atom stereocenters. The van der Waals surface area contributed by atoms with Gasteiger partial charge in [0, 0.05) is 17.5 Å². The molecule has 5 nitrogen and oxygen atoms in total. The number of fused-ring (bicyclic) bond motifs is 1. The van der Waals surface area contributed by atoms with Gasteiger partial charge >= 0.3 is 6.03 Å². The van der Waals surface area contributed by atoms with Gasteiger partial charge in [0.15, 0.2) is 0 Å². The number of rotatable bonds is 2. The third-order valence-electron chi connectivity index (χ3n) is 3.96. The van der Waals surface area contributed by atoms with E-state index >= 15 is 0 Å². The summed E-state index contributed by atoms with van der Waals surface area (Å²) in [5.74, 6) is 0. The highest BCUT2D eigenvalue weighted by Gasteiger charge is 2.23. The van der Waals surface area contributed by atoms with Gasteiger partial charge in [-0.1, -0.05) is 12.8 Å². The van der Waals surface area contributed by atoms with Crippen LogP contribution in [0.5, 0.6) is 0 Å². The molecule has 2 heterocycles. The molecule has 1 aromatic rings. The van der Waals surface area contributed by atoms with Gasteiger partial charge in [0.2, 0.25) is 0 Å². The van der Waals surface area contributed by atoms with E-state index in [4.69, 9.17) is 0 Å². The van der Waals surface area contributed by atoms with Gasteiger partial charge in [-0.2, -0.15) is 5.26 Å². The van der Waals surface area contributed by atoms with Gasteiger partial charge in [-0.05, 0) is 31.4 Å². The molecule has 3 rings (SSSR count). The van der Waals surface area contributed by atoms with Gasteiger partial charge in [-0.15, -0.1) is 11.3 Å². The first-order valence-electron chi connectivity index (χ1n) is 7.11. The number of hydrogen-bond donors (Lipinski definition) is 3. The molecule has 0 aromatic carbocycles. The van der Waals surface area contributed by atoms with Crippen LogP contribution in [0.15, 0.2) is 0 Å². The van der Waals surface area contributed by atoms with E-state index in [1.165, 1.54) is 29.1 Å². The molecule has 0 saturated heterocycles. The van der Waals surface area contributed by atoms with Crippen LogP contribution in [0.2, 0.25) is 0 Å². The number of thiophene rings is 1. The van der Waals surface area contributed by atoms with E-state index in [-0.39, 0.29) is 12.1 Å². The van der Waals surface area contributed by atoms with Gasteiger partial charge in [0.05, 0.1) is 5.56 Å². The third-order valence-corrected chi connectivity index (χ3v) is 5.10. The van der Waals surface area contributed by atoms with Gasteiger partial charge in [0.1, 0.15) is 11.1 Å². The Kier molecular flexibility index (Phi) is 3.90. The van der Waals surface area contributed by atoms with Crippen LogP contribution < -0.4 is 16.0 Å². The Bertz CT molecular complexity index is 554. The molecule has 106 valence electrons. The molecule has 1 saturated carbocycles. The molecule has 6 heteroatoms. The molecule has 2 aliphatic rings. The normalized spacial score (nSPS) is 18.4. The average Bonchev–Trinajstić information content (AvgIpc) is 3.05. The van der Waals surface area contributed by atoms with E-state index in [2.05, 4.69) is 22.0 Å². The first-order valence-corrected chi connectivity index (χ1v) is 7.92. The summed E-state index contributed by atoms with van der Waals surface area (Å²) in [6.07, 6.45) is 5.36. The van der Waals surface area contributed by atoms with E-state index < -0.39 is 0 Å². The molecule has 1 fully saturated rings. The molecular weight excluding hydrogens is 272 g/mol. The summed E-state index contributed by atoms with van der Waals surface area (Å²) in [5, 5.41) is 19.2. The van der Waals surface area contributed by atoms with Crippen molar-refractivity contribution in [2.45, 2.75) is 44.7 Å². The Morgan fingerprint density at radius 3 is 2.95 bits per heavy atom.